The third-order valence-electron chi connectivity index (χ3n) is 5.03. The number of hydrogen-bond donors (Lipinski definition) is 0. The van der Waals surface area contributed by atoms with Gasteiger partial charge >= 0.3 is 0 Å². The molecule has 0 unspecified atom stereocenters. The molecular formula is C21H19ClN4O2. The van der Waals surface area contributed by atoms with Crippen molar-refractivity contribution in [3.05, 3.63) is 70.0 Å². The van der Waals surface area contributed by atoms with Crippen molar-refractivity contribution >= 4 is 39.5 Å². The Hall–Kier alpha value is -3.12. The summed E-state index contributed by atoms with van der Waals surface area (Å²) >= 11 is 6.57. The van der Waals surface area contributed by atoms with Gasteiger partial charge < -0.3 is 4.90 Å². The van der Waals surface area contributed by atoms with E-state index in [2.05, 4.69) is 23.7 Å². The molecule has 28 heavy (non-hydrogen) atoms. The van der Waals surface area contributed by atoms with E-state index >= 15 is 0 Å². The van der Waals surface area contributed by atoms with Gasteiger partial charge in [-0.15, -0.1) is 0 Å². The number of non-ortho nitro benzene ring substituents is 1. The molecule has 7 heteroatoms. The number of benzene rings is 2. The van der Waals surface area contributed by atoms with Crippen LogP contribution < -0.4 is 4.90 Å². The molecule has 0 fully saturated rings. The van der Waals surface area contributed by atoms with Gasteiger partial charge in [-0.2, -0.15) is 0 Å². The average molecular weight is 395 g/mol. The number of pyridine rings is 1. The first kappa shape index (κ1) is 18.3. The van der Waals surface area contributed by atoms with E-state index < -0.39 is 0 Å². The minimum Gasteiger partial charge on any atom is -0.369 e. The predicted octanol–water partition coefficient (Wildman–Crippen LogP) is 5.56. The second-order valence-electron chi connectivity index (χ2n) is 6.46. The molecular weight excluding hydrogens is 376 g/mol. The predicted molar refractivity (Wildman–Crippen MR) is 113 cm³/mol. The molecule has 0 aliphatic heterocycles. The third-order valence-corrected chi connectivity index (χ3v) is 5.36. The van der Waals surface area contributed by atoms with Crippen LogP contribution in [0.5, 0.6) is 0 Å². The standard InChI is InChI=1S/C21H19ClN4O2/c1-3-24(4-2)20-19(15-7-5-6-8-17(15)22)16-13-14(26(27)28)9-10-18(16)25-12-11-23-21(20)25/h5-13H,3-4H2,1-2H3. The van der Waals surface area contributed by atoms with Crippen molar-refractivity contribution in [3.8, 4) is 11.1 Å². The Morgan fingerprint density at radius 1 is 1.18 bits per heavy atom. The zero-order valence-corrected chi connectivity index (χ0v) is 16.3. The fraction of sp³-hybridized carbons (Fsp3) is 0.190. The second-order valence-corrected chi connectivity index (χ2v) is 6.86. The molecule has 0 atom stereocenters. The molecule has 0 saturated carbocycles. The fourth-order valence-corrected chi connectivity index (χ4v) is 3.97. The van der Waals surface area contributed by atoms with Crippen LogP contribution in [0.15, 0.2) is 54.9 Å². The van der Waals surface area contributed by atoms with Crippen molar-refractivity contribution in [2.45, 2.75) is 13.8 Å². The van der Waals surface area contributed by atoms with Gasteiger partial charge in [0.2, 0.25) is 0 Å². The lowest BCUT2D eigenvalue weighted by molar-refractivity contribution is -0.384. The van der Waals surface area contributed by atoms with Crippen LogP contribution in [0.4, 0.5) is 11.4 Å². The molecule has 142 valence electrons. The summed E-state index contributed by atoms with van der Waals surface area (Å²) in [5.41, 5.74) is 4.33. The lowest BCUT2D eigenvalue weighted by atomic mass is 9.97. The van der Waals surface area contributed by atoms with Crippen LogP contribution in [0, 0.1) is 10.1 Å². The molecule has 0 bridgehead atoms. The van der Waals surface area contributed by atoms with E-state index in [1.807, 2.05) is 34.9 Å². The number of halogens is 1. The number of fused-ring (bicyclic) bond motifs is 3. The third kappa shape index (κ3) is 2.77. The Kier molecular flexibility index (Phi) is 4.65. The van der Waals surface area contributed by atoms with Crippen molar-refractivity contribution in [2.24, 2.45) is 0 Å². The quantitative estimate of drug-likeness (QED) is 0.328. The summed E-state index contributed by atoms with van der Waals surface area (Å²) in [4.78, 5) is 17.9. The highest BCUT2D eigenvalue weighted by Gasteiger charge is 2.23. The van der Waals surface area contributed by atoms with Gasteiger partial charge in [0.25, 0.3) is 5.69 Å². The normalized spacial score (nSPS) is 11.2. The van der Waals surface area contributed by atoms with Crippen LogP contribution >= 0.6 is 11.6 Å². The van der Waals surface area contributed by atoms with Crippen LogP contribution in [0.1, 0.15) is 13.8 Å². The number of anilines is 1. The van der Waals surface area contributed by atoms with E-state index in [1.165, 1.54) is 6.07 Å². The summed E-state index contributed by atoms with van der Waals surface area (Å²) in [5, 5.41) is 12.8. The molecule has 2 heterocycles. The maximum Gasteiger partial charge on any atom is 0.270 e. The first-order chi connectivity index (χ1) is 13.6. The number of nitro groups is 1. The van der Waals surface area contributed by atoms with E-state index in [1.54, 1.807) is 18.3 Å². The molecule has 0 saturated heterocycles. The molecule has 0 N–H and O–H groups in total. The van der Waals surface area contributed by atoms with Crippen molar-refractivity contribution in [2.75, 3.05) is 18.0 Å². The zero-order chi connectivity index (χ0) is 19.8. The molecule has 0 aliphatic carbocycles. The Morgan fingerprint density at radius 2 is 1.93 bits per heavy atom. The van der Waals surface area contributed by atoms with Gasteiger partial charge in [-0.25, -0.2) is 4.98 Å². The molecule has 6 nitrogen and oxygen atoms in total. The molecule has 2 aromatic carbocycles. The summed E-state index contributed by atoms with van der Waals surface area (Å²) < 4.78 is 1.98. The van der Waals surface area contributed by atoms with Crippen LogP contribution in [0.3, 0.4) is 0 Å². The van der Waals surface area contributed by atoms with Gasteiger partial charge in [-0.1, -0.05) is 29.8 Å². The van der Waals surface area contributed by atoms with Crippen molar-refractivity contribution in [1.29, 1.82) is 0 Å². The Bertz CT molecular complexity index is 1200. The summed E-state index contributed by atoms with van der Waals surface area (Å²) in [6, 6.07) is 12.5. The SMILES string of the molecule is CCN(CC)c1c(-c2ccccc2Cl)c2cc([N+](=O)[O-])ccc2n2ccnc12. The smallest absolute Gasteiger partial charge is 0.270 e. The van der Waals surface area contributed by atoms with Gasteiger partial charge in [0, 0.05) is 59.2 Å². The Morgan fingerprint density at radius 3 is 2.61 bits per heavy atom. The maximum absolute atomic E-state index is 11.5. The molecule has 0 amide bonds. The molecule has 0 radical (unpaired) electrons. The first-order valence-electron chi connectivity index (χ1n) is 9.13. The zero-order valence-electron chi connectivity index (χ0n) is 15.6. The van der Waals surface area contributed by atoms with Crippen molar-refractivity contribution < 1.29 is 4.92 Å². The van der Waals surface area contributed by atoms with Gasteiger partial charge in [0.1, 0.15) is 0 Å². The fourth-order valence-electron chi connectivity index (χ4n) is 3.74. The number of imidazole rings is 1. The number of hydrogen-bond acceptors (Lipinski definition) is 4. The molecule has 0 spiro atoms. The average Bonchev–Trinajstić information content (AvgIpc) is 3.19. The topological polar surface area (TPSA) is 63.7 Å². The highest BCUT2D eigenvalue weighted by molar-refractivity contribution is 6.34. The highest BCUT2D eigenvalue weighted by Crippen LogP contribution is 2.43. The largest absolute Gasteiger partial charge is 0.369 e. The molecule has 2 aromatic heterocycles. The van der Waals surface area contributed by atoms with Gasteiger partial charge in [0.15, 0.2) is 5.65 Å². The van der Waals surface area contributed by atoms with Crippen molar-refractivity contribution in [3.63, 3.8) is 0 Å². The Balaban J connectivity index is 2.26. The van der Waals surface area contributed by atoms with E-state index in [-0.39, 0.29) is 10.6 Å². The summed E-state index contributed by atoms with van der Waals surface area (Å²) in [7, 11) is 0. The van der Waals surface area contributed by atoms with Crippen LogP contribution in [-0.2, 0) is 0 Å². The van der Waals surface area contributed by atoms with E-state index in [0.29, 0.717) is 5.02 Å². The number of nitro benzene ring substituents is 1. The van der Waals surface area contributed by atoms with E-state index in [4.69, 9.17) is 11.6 Å². The van der Waals surface area contributed by atoms with Gasteiger partial charge in [-0.05, 0) is 26.0 Å². The lowest BCUT2D eigenvalue weighted by Crippen LogP contribution is -2.23. The van der Waals surface area contributed by atoms with E-state index in [9.17, 15) is 10.1 Å². The minimum absolute atomic E-state index is 0.0470. The molecule has 4 rings (SSSR count). The highest BCUT2D eigenvalue weighted by atomic mass is 35.5. The lowest BCUT2D eigenvalue weighted by Gasteiger charge is -2.26. The van der Waals surface area contributed by atoms with Crippen LogP contribution in [-0.4, -0.2) is 27.4 Å². The van der Waals surface area contributed by atoms with E-state index in [0.717, 1.165) is 46.5 Å². The second kappa shape index (κ2) is 7.13. The maximum atomic E-state index is 11.5. The minimum atomic E-state index is -0.370. The first-order valence-corrected chi connectivity index (χ1v) is 9.51. The summed E-state index contributed by atoms with van der Waals surface area (Å²) in [5.74, 6) is 0. The summed E-state index contributed by atoms with van der Waals surface area (Å²) in [6.45, 7) is 5.71. The Labute approximate surface area is 167 Å². The number of aromatic nitrogens is 2. The number of nitrogens with zero attached hydrogens (tertiary/aromatic N) is 4. The van der Waals surface area contributed by atoms with Crippen LogP contribution in [0.25, 0.3) is 27.7 Å². The van der Waals surface area contributed by atoms with Gasteiger partial charge in [-0.3, -0.25) is 14.5 Å². The van der Waals surface area contributed by atoms with Gasteiger partial charge in [0.05, 0.1) is 16.1 Å². The van der Waals surface area contributed by atoms with Crippen molar-refractivity contribution in [1.82, 2.24) is 9.38 Å². The number of rotatable bonds is 5. The monoisotopic (exact) mass is 394 g/mol. The molecule has 4 aromatic rings. The van der Waals surface area contributed by atoms with Crippen LogP contribution in [0.2, 0.25) is 5.02 Å². The summed E-state index contributed by atoms with van der Waals surface area (Å²) in [6.07, 6.45) is 3.63. The molecule has 0 aliphatic rings.